The van der Waals surface area contributed by atoms with Crippen molar-refractivity contribution >= 4 is 11.6 Å². The Morgan fingerprint density at radius 2 is 2.15 bits per heavy atom. The van der Waals surface area contributed by atoms with E-state index in [0.717, 1.165) is 12.4 Å². The van der Waals surface area contributed by atoms with Gasteiger partial charge in [0.05, 0.1) is 12.4 Å². The molecule has 0 unspecified atom stereocenters. The lowest BCUT2D eigenvalue weighted by atomic mass is 10.3. The third-order valence-electron chi connectivity index (χ3n) is 1.90. The maximum absolute atomic E-state index is 5.55. The first-order chi connectivity index (χ1) is 6.15. The molecule has 0 saturated heterocycles. The summed E-state index contributed by atoms with van der Waals surface area (Å²) in [4.78, 5) is 10.4. The summed E-state index contributed by atoms with van der Waals surface area (Å²) in [6, 6.07) is 0.418. The van der Waals surface area contributed by atoms with Crippen LogP contribution in [0.3, 0.4) is 0 Å². The fourth-order valence-electron chi connectivity index (χ4n) is 1.30. The SMILES string of the molecule is CCN(c1cncc(N)n1)C(C)C. The highest BCUT2D eigenvalue weighted by atomic mass is 15.2. The van der Waals surface area contributed by atoms with Crippen LogP contribution in [-0.2, 0) is 0 Å². The third kappa shape index (κ3) is 2.31. The van der Waals surface area contributed by atoms with Gasteiger partial charge >= 0.3 is 0 Å². The molecule has 1 heterocycles. The van der Waals surface area contributed by atoms with Crippen LogP contribution in [0, 0.1) is 0 Å². The van der Waals surface area contributed by atoms with Crippen molar-refractivity contribution in [2.45, 2.75) is 26.8 Å². The lowest BCUT2D eigenvalue weighted by Gasteiger charge is -2.25. The first-order valence-corrected chi connectivity index (χ1v) is 4.49. The smallest absolute Gasteiger partial charge is 0.149 e. The summed E-state index contributed by atoms with van der Waals surface area (Å²) in [6.07, 6.45) is 3.29. The molecule has 4 nitrogen and oxygen atoms in total. The lowest BCUT2D eigenvalue weighted by molar-refractivity contribution is 0.692. The molecular formula is C9H16N4. The predicted octanol–water partition coefficient (Wildman–Crippen LogP) is 1.29. The van der Waals surface area contributed by atoms with Crippen LogP contribution in [0.5, 0.6) is 0 Å². The van der Waals surface area contributed by atoms with Crippen LogP contribution in [0.4, 0.5) is 11.6 Å². The zero-order chi connectivity index (χ0) is 9.84. The fraction of sp³-hybridized carbons (Fsp3) is 0.556. The third-order valence-corrected chi connectivity index (χ3v) is 1.90. The van der Waals surface area contributed by atoms with Crippen molar-refractivity contribution in [1.29, 1.82) is 0 Å². The van der Waals surface area contributed by atoms with E-state index in [9.17, 15) is 0 Å². The molecule has 1 aromatic rings. The second-order valence-corrected chi connectivity index (χ2v) is 3.18. The molecule has 1 rings (SSSR count). The molecule has 0 fully saturated rings. The summed E-state index contributed by atoms with van der Waals surface area (Å²) in [7, 11) is 0. The number of rotatable bonds is 3. The highest BCUT2D eigenvalue weighted by Crippen LogP contribution is 2.12. The Hall–Kier alpha value is -1.32. The largest absolute Gasteiger partial charge is 0.382 e. The molecule has 13 heavy (non-hydrogen) atoms. The van der Waals surface area contributed by atoms with E-state index in [0.29, 0.717) is 11.9 Å². The number of hydrogen-bond donors (Lipinski definition) is 1. The normalized spacial score (nSPS) is 10.5. The molecule has 0 bridgehead atoms. The van der Waals surface area contributed by atoms with Gasteiger partial charge in [0.2, 0.25) is 0 Å². The average Bonchev–Trinajstić information content (AvgIpc) is 2.04. The Morgan fingerprint density at radius 1 is 1.46 bits per heavy atom. The van der Waals surface area contributed by atoms with Gasteiger partial charge in [-0.25, -0.2) is 4.98 Å². The Kier molecular flexibility index (Phi) is 3.06. The summed E-state index contributed by atoms with van der Waals surface area (Å²) in [5, 5.41) is 0. The maximum atomic E-state index is 5.55. The summed E-state index contributed by atoms with van der Waals surface area (Å²) >= 11 is 0. The van der Waals surface area contributed by atoms with Crippen molar-refractivity contribution in [2.24, 2.45) is 0 Å². The molecule has 0 amide bonds. The molecular weight excluding hydrogens is 164 g/mol. The Labute approximate surface area is 78.8 Å². The second kappa shape index (κ2) is 4.07. The summed E-state index contributed by atoms with van der Waals surface area (Å²) < 4.78 is 0. The van der Waals surface area contributed by atoms with E-state index in [2.05, 4.69) is 35.6 Å². The zero-order valence-electron chi connectivity index (χ0n) is 8.36. The van der Waals surface area contributed by atoms with Crippen LogP contribution < -0.4 is 10.6 Å². The number of hydrogen-bond acceptors (Lipinski definition) is 4. The van der Waals surface area contributed by atoms with Crippen molar-refractivity contribution in [3.63, 3.8) is 0 Å². The molecule has 72 valence electrons. The van der Waals surface area contributed by atoms with Gasteiger partial charge < -0.3 is 10.6 Å². The van der Waals surface area contributed by atoms with Gasteiger partial charge in [0.15, 0.2) is 0 Å². The second-order valence-electron chi connectivity index (χ2n) is 3.18. The van der Waals surface area contributed by atoms with Gasteiger partial charge in [-0.3, -0.25) is 4.98 Å². The van der Waals surface area contributed by atoms with Gasteiger partial charge in [-0.15, -0.1) is 0 Å². The quantitative estimate of drug-likeness (QED) is 0.761. The van der Waals surface area contributed by atoms with E-state index < -0.39 is 0 Å². The first-order valence-electron chi connectivity index (χ1n) is 4.49. The lowest BCUT2D eigenvalue weighted by Crippen LogP contribution is -2.31. The number of nitrogens with zero attached hydrogens (tertiary/aromatic N) is 3. The van der Waals surface area contributed by atoms with Gasteiger partial charge in [-0.05, 0) is 20.8 Å². The standard InChI is InChI=1S/C9H16N4/c1-4-13(7(2)3)9-6-11-5-8(10)12-9/h5-7H,4H2,1-3H3,(H2,10,12). The van der Waals surface area contributed by atoms with Crippen molar-refractivity contribution in [1.82, 2.24) is 9.97 Å². The van der Waals surface area contributed by atoms with Gasteiger partial charge in [-0.1, -0.05) is 0 Å². The number of nitrogens with two attached hydrogens (primary N) is 1. The number of anilines is 2. The van der Waals surface area contributed by atoms with Gasteiger partial charge in [0.1, 0.15) is 11.6 Å². The minimum atomic E-state index is 0.418. The molecule has 2 N–H and O–H groups in total. The zero-order valence-corrected chi connectivity index (χ0v) is 8.36. The molecule has 0 aliphatic carbocycles. The first kappa shape index (κ1) is 9.77. The van der Waals surface area contributed by atoms with E-state index >= 15 is 0 Å². The van der Waals surface area contributed by atoms with Crippen molar-refractivity contribution < 1.29 is 0 Å². The molecule has 0 aromatic carbocycles. The predicted molar refractivity (Wildman–Crippen MR) is 54.6 cm³/mol. The summed E-state index contributed by atoms with van der Waals surface area (Å²) in [6.45, 7) is 7.24. The van der Waals surface area contributed by atoms with Crippen LogP contribution in [0.25, 0.3) is 0 Å². The van der Waals surface area contributed by atoms with Gasteiger partial charge in [-0.2, -0.15) is 0 Å². The van der Waals surface area contributed by atoms with Crippen molar-refractivity contribution in [3.05, 3.63) is 12.4 Å². The van der Waals surface area contributed by atoms with E-state index in [-0.39, 0.29) is 0 Å². The molecule has 1 aromatic heterocycles. The highest BCUT2D eigenvalue weighted by molar-refractivity contribution is 5.41. The van der Waals surface area contributed by atoms with E-state index in [1.807, 2.05) is 0 Å². The Morgan fingerprint density at radius 3 is 2.62 bits per heavy atom. The van der Waals surface area contributed by atoms with E-state index in [1.54, 1.807) is 12.4 Å². The summed E-state index contributed by atoms with van der Waals surface area (Å²) in [5.41, 5.74) is 5.55. The van der Waals surface area contributed by atoms with Crippen LogP contribution >= 0.6 is 0 Å². The van der Waals surface area contributed by atoms with Crippen molar-refractivity contribution in [2.75, 3.05) is 17.2 Å². The monoisotopic (exact) mass is 180 g/mol. The minimum absolute atomic E-state index is 0.418. The van der Waals surface area contributed by atoms with Gasteiger partial charge in [0.25, 0.3) is 0 Å². The van der Waals surface area contributed by atoms with Crippen LogP contribution in [-0.4, -0.2) is 22.6 Å². The van der Waals surface area contributed by atoms with Crippen LogP contribution in [0.15, 0.2) is 12.4 Å². The number of nitrogen functional groups attached to an aromatic ring is 1. The minimum Gasteiger partial charge on any atom is -0.382 e. The average molecular weight is 180 g/mol. The Balaban J connectivity index is 2.91. The number of aromatic nitrogens is 2. The molecule has 0 saturated carbocycles. The molecule has 4 heteroatoms. The van der Waals surface area contributed by atoms with Crippen molar-refractivity contribution in [3.8, 4) is 0 Å². The van der Waals surface area contributed by atoms with E-state index in [1.165, 1.54) is 0 Å². The van der Waals surface area contributed by atoms with Crippen LogP contribution in [0.1, 0.15) is 20.8 Å². The topological polar surface area (TPSA) is 55.0 Å². The highest BCUT2D eigenvalue weighted by Gasteiger charge is 2.09. The van der Waals surface area contributed by atoms with E-state index in [4.69, 9.17) is 5.73 Å². The molecule has 0 aliphatic heterocycles. The van der Waals surface area contributed by atoms with Gasteiger partial charge in [0, 0.05) is 12.6 Å². The molecule has 0 atom stereocenters. The molecule has 0 radical (unpaired) electrons. The Bertz CT molecular complexity index is 272. The maximum Gasteiger partial charge on any atom is 0.149 e. The molecule has 0 aliphatic rings. The fourth-order valence-corrected chi connectivity index (χ4v) is 1.30. The summed E-state index contributed by atoms with van der Waals surface area (Å²) in [5.74, 6) is 1.31. The van der Waals surface area contributed by atoms with Crippen LogP contribution in [0.2, 0.25) is 0 Å². The molecule has 0 spiro atoms.